The molecule has 0 aromatic heterocycles. The van der Waals surface area contributed by atoms with Gasteiger partial charge in [-0.25, -0.2) is 4.79 Å². The monoisotopic (exact) mass is 310 g/mol. The zero-order valence-electron chi connectivity index (χ0n) is 13.2. The fourth-order valence-electron chi connectivity index (χ4n) is 1.68. The Morgan fingerprint density at radius 1 is 1.29 bits per heavy atom. The Kier molecular flexibility index (Phi) is 7.61. The van der Waals surface area contributed by atoms with Crippen LogP contribution >= 0.6 is 11.8 Å². The molecule has 0 bridgehead atoms. The van der Waals surface area contributed by atoms with Gasteiger partial charge in [0, 0.05) is 24.1 Å². The summed E-state index contributed by atoms with van der Waals surface area (Å²) in [7, 11) is 0. The summed E-state index contributed by atoms with van der Waals surface area (Å²) >= 11 is 1.87. The molecular weight excluding hydrogens is 284 g/mol. The van der Waals surface area contributed by atoms with E-state index in [1.165, 1.54) is 5.56 Å². The highest BCUT2D eigenvalue weighted by molar-refractivity contribution is 7.99. The molecular formula is C16H26N2O2S. The largest absolute Gasteiger partial charge is 0.396 e. The van der Waals surface area contributed by atoms with Gasteiger partial charge >= 0.3 is 6.03 Å². The predicted octanol–water partition coefficient (Wildman–Crippen LogP) is 3.47. The predicted molar refractivity (Wildman–Crippen MR) is 90.7 cm³/mol. The first-order valence-corrected chi connectivity index (χ1v) is 8.36. The molecule has 4 nitrogen and oxygen atoms in total. The number of aliphatic hydroxyl groups excluding tert-OH is 1. The van der Waals surface area contributed by atoms with Crippen LogP contribution in [0.5, 0.6) is 0 Å². The van der Waals surface area contributed by atoms with Crippen LogP contribution in [0.1, 0.15) is 33.3 Å². The standard InChI is InChI=1S/C16H26N2O2S/c1-11(2)21-10-14-6-5-7-15(8-14)18-16(20)17-13(4)12(3)9-19/h5-8,11-13,19H,9-10H2,1-4H3,(H2,17,18,20). The van der Waals surface area contributed by atoms with Crippen molar-refractivity contribution in [3.63, 3.8) is 0 Å². The number of rotatable bonds is 7. The number of benzene rings is 1. The Hall–Kier alpha value is -1.20. The highest BCUT2D eigenvalue weighted by Crippen LogP contribution is 2.19. The van der Waals surface area contributed by atoms with Gasteiger partial charge in [0.1, 0.15) is 0 Å². The fourth-order valence-corrected chi connectivity index (χ4v) is 2.38. The van der Waals surface area contributed by atoms with Gasteiger partial charge in [-0.05, 0) is 35.8 Å². The summed E-state index contributed by atoms with van der Waals surface area (Å²) in [6.07, 6.45) is 0. The molecule has 5 heteroatoms. The zero-order valence-corrected chi connectivity index (χ0v) is 14.0. The highest BCUT2D eigenvalue weighted by Gasteiger charge is 2.13. The number of aliphatic hydroxyl groups is 1. The van der Waals surface area contributed by atoms with Crippen LogP contribution in [0.4, 0.5) is 10.5 Å². The van der Waals surface area contributed by atoms with E-state index in [1.807, 2.05) is 43.8 Å². The van der Waals surface area contributed by atoms with Crippen LogP contribution in [0.15, 0.2) is 24.3 Å². The summed E-state index contributed by atoms with van der Waals surface area (Å²) in [5, 5.41) is 15.3. The van der Waals surface area contributed by atoms with Crippen LogP contribution in [-0.2, 0) is 5.75 Å². The second kappa shape index (κ2) is 8.95. The summed E-state index contributed by atoms with van der Waals surface area (Å²) in [5.74, 6) is 0.969. The lowest BCUT2D eigenvalue weighted by molar-refractivity contribution is 0.204. The van der Waals surface area contributed by atoms with E-state index in [-0.39, 0.29) is 24.6 Å². The quantitative estimate of drug-likeness (QED) is 0.722. The number of thioether (sulfide) groups is 1. The Labute approximate surface area is 131 Å². The summed E-state index contributed by atoms with van der Waals surface area (Å²) in [5.41, 5.74) is 1.99. The second-order valence-electron chi connectivity index (χ2n) is 5.61. The van der Waals surface area contributed by atoms with Crippen molar-refractivity contribution in [2.24, 2.45) is 5.92 Å². The van der Waals surface area contributed by atoms with Gasteiger partial charge in [-0.1, -0.05) is 32.9 Å². The Bertz CT molecular complexity index is 452. The molecule has 0 saturated carbocycles. The molecule has 1 aromatic carbocycles. The van der Waals surface area contributed by atoms with Crippen molar-refractivity contribution in [2.45, 2.75) is 44.7 Å². The van der Waals surface area contributed by atoms with Crippen LogP contribution in [0.25, 0.3) is 0 Å². The SMILES string of the molecule is CC(C)SCc1cccc(NC(=O)NC(C)C(C)CO)c1. The number of nitrogens with one attached hydrogen (secondary N) is 2. The Morgan fingerprint density at radius 3 is 2.62 bits per heavy atom. The second-order valence-corrected chi connectivity index (χ2v) is 7.17. The van der Waals surface area contributed by atoms with Crippen molar-refractivity contribution in [3.05, 3.63) is 29.8 Å². The maximum atomic E-state index is 11.9. The molecule has 21 heavy (non-hydrogen) atoms. The molecule has 2 unspecified atom stereocenters. The molecule has 2 amide bonds. The van der Waals surface area contributed by atoms with Gasteiger partial charge in [0.15, 0.2) is 0 Å². The molecule has 0 spiro atoms. The molecule has 3 N–H and O–H groups in total. The first kappa shape index (κ1) is 17.9. The molecule has 118 valence electrons. The lowest BCUT2D eigenvalue weighted by Crippen LogP contribution is -2.40. The topological polar surface area (TPSA) is 61.4 Å². The minimum Gasteiger partial charge on any atom is -0.396 e. The van der Waals surface area contributed by atoms with Crippen molar-refractivity contribution >= 4 is 23.5 Å². The number of carbonyl (C=O) groups excluding carboxylic acids is 1. The van der Waals surface area contributed by atoms with E-state index in [2.05, 4.69) is 30.5 Å². The number of anilines is 1. The maximum absolute atomic E-state index is 11.9. The smallest absolute Gasteiger partial charge is 0.319 e. The number of amides is 2. The van der Waals surface area contributed by atoms with E-state index in [0.717, 1.165) is 11.4 Å². The highest BCUT2D eigenvalue weighted by atomic mass is 32.2. The van der Waals surface area contributed by atoms with Gasteiger partial charge in [0.05, 0.1) is 0 Å². The number of hydrogen-bond acceptors (Lipinski definition) is 3. The van der Waals surface area contributed by atoms with Crippen molar-refractivity contribution in [1.82, 2.24) is 5.32 Å². The normalized spacial score (nSPS) is 13.8. The average molecular weight is 310 g/mol. The zero-order chi connectivity index (χ0) is 15.8. The molecule has 0 aliphatic carbocycles. The number of hydrogen-bond donors (Lipinski definition) is 3. The van der Waals surface area contributed by atoms with Gasteiger partial charge < -0.3 is 15.7 Å². The first-order valence-electron chi connectivity index (χ1n) is 7.31. The molecule has 2 atom stereocenters. The first-order chi connectivity index (χ1) is 9.92. The minimum absolute atomic E-state index is 0.0320. The maximum Gasteiger partial charge on any atom is 0.319 e. The van der Waals surface area contributed by atoms with Gasteiger partial charge in [0.2, 0.25) is 0 Å². The van der Waals surface area contributed by atoms with Gasteiger partial charge in [0.25, 0.3) is 0 Å². The molecule has 1 rings (SSSR count). The third kappa shape index (κ3) is 6.87. The van der Waals surface area contributed by atoms with Crippen molar-refractivity contribution in [3.8, 4) is 0 Å². The molecule has 0 radical (unpaired) electrons. The Morgan fingerprint density at radius 2 is 2.00 bits per heavy atom. The third-order valence-corrected chi connectivity index (χ3v) is 4.44. The summed E-state index contributed by atoms with van der Waals surface area (Å²) in [6, 6.07) is 7.57. The van der Waals surface area contributed by atoms with E-state index in [1.54, 1.807) is 0 Å². The lowest BCUT2D eigenvalue weighted by Gasteiger charge is -2.19. The van der Waals surface area contributed by atoms with Gasteiger partial charge in [-0.2, -0.15) is 11.8 Å². The van der Waals surface area contributed by atoms with Crippen LogP contribution in [0, 0.1) is 5.92 Å². The fraction of sp³-hybridized carbons (Fsp3) is 0.562. The summed E-state index contributed by atoms with van der Waals surface area (Å²) < 4.78 is 0. The van der Waals surface area contributed by atoms with Crippen molar-refractivity contribution in [2.75, 3.05) is 11.9 Å². The number of carbonyl (C=O) groups is 1. The van der Waals surface area contributed by atoms with Crippen LogP contribution in [-0.4, -0.2) is 29.0 Å². The van der Waals surface area contributed by atoms with E-state index < -0.39 is 0 Å². The molecule has 1 aromatic rings. The van der Waals surface area contributed by atoms with E-state index in [4.69, 9.17) is 5.11 Å². The average Bonchev–Trinajstić information content (AvgIpc) is 2.44. The molecule has 0 aliphatic heterocycles. The molecule has 0 fully saturated rings. The molecule has 0 heterocycles. The van der Waals surface area contributed by atoms with Crippen LogP contribution in [0.2, 0.25) is 0 Å². The number of urea groups is 1. The summed E-state index contributed by atoms with van der Waals surface area (Å²) in [6.45, 7) is 8.18. The molecule has 0 saturated heterocycles. The third-order valence-electron chi connectivity index (χ3n) is 3.27. The van der Waals surface area contributed by atoms with Crippen LogP contribution < -0.4 is 10.6 Å². The van der Waals surface area contributed by atoms with Gasteiger partial charge in [-0.15, -0.1) is 0 Å². The summed E-state index contributed by atoms with van der Waals surface area (Å²) in [4.78, 5) is 11.9. The molecule has 0 aliphatic rings. The Balaban J connectivity index is 2.54. The lowest BCUT2D eigenvalue weighted by atomic mass is 10.1. The van der Waals surface area contributed by atoms with E-state index in [9.17, 15) is 4.79 Å². The van der Waals surface area contributed by atoms with Gasteiger partial charge in [-0.3, -0.25) is 0 Å². The van der Waals surface area contributed by atoms with E-state index in [0.29, 0.717) is 5.25 Å². The van der Waals surface area contributed by atoms with Crippen molar-refractivity contribution in [1.29, 1.82) is 0 Å². The van der Waals surface area contributed by atoms with E-state index >= 15 is 0 Å². The van der Waals surface area contributed by atoms with Crippen LogP contribution in [0.3, 0.4) is 0 Å². The van der Waals surface area contributed by atoms with Crippen molar-refractivity contribution < 1.29 is 9.90 Å². The minimum atomic E-state index is -0.239.